The number of ether oxygens (including phenoxy) is 1. The predicted molar refractivity (Wildman–Crippen MR) is 68.4 cm³/mol. The van der Waals surface area contributed by atoms with E-state index in [0.29, 0.717) is 39.4 Å². The van der Waals surface area contributed by atoms with Gasteiger partial charge in [0.25, 0.3) is 10.2 Å². The maximum absolute atomic E-state index is 12.4. The van der Waals surface area contributed by atoms with Gasteiger partial charge in [0.05, 0.1) is 13.2 Å². The van der Waals surface area contributed by atoms with Crippen LogP contribution in [0.1, 0.15) is 25.7 Å². The number of allylic oxidation sites excluding steroid dienone is 1. The first kappa shape index (κ1) is 12.6. The molecule has 0 radical (unpaired) electrons. The zero-order chi connectivity index (χ0) is 12.6. The molecule has 102 valence electrons. The molecule has 0 aromatic heterocycles. The second kappa shape index (κ2) is 4.92. The highest BCUT2D eigenvalue weighted by Crippen LogP contribution is 2.36. The molecule has 0 aromatic rings. The van der Waals surface area contributed by atoms with Crippen LogP contribution in [-0.4, -0.2) is 56.4 Å². The van der Waals surface area contributed by atoms with Crippen molar-refractivity contribution in [1.82, 2.24) is 8.61 Å². The van der Waals surface area contributed by atoms with Crippen molar-refractivity contribution in [3.05, 3.63) is 11.1 Å². The lowest BCUT2D eigenvalue weighted by Gasteiger charge is -2.34. The Balaban J connectivity index is 1.65. The van der Waals surface area contributed by atoms with E-state index in [1.165, 1.54) is 18.4 Å². The molecule has 0 bridgehead atoms. The van der Waals surface area contributed by atoms with Crippen molar-refractivity contribution in [2.75, 3.05) is 39.4 Å². The standard InChI is InChI=1S/C12H20N2O3S/c15-18(16,14-7-9-17-10-8-14)13-5-3-12(4-6-13)11-1-2-11/h1-10H2. The topological polar surface area (TPSA) is 49.9 Å². The molecule has 3 aliphatic rings. The first-order chi connectivity index (χ1) is 8.68. The lowest BCUT2D eigenvalue weighted by Crippen LogP contribution is -2.50. The Morgan fingerprint density at radius 1 is 0.778 bits per heavy atom. The molecule has 0 spiro atoms. The number of nitrogens with zero attached hydrogens (tertiary/aromatic N) is 2. The first-order valence-electron chi connectivity index (χ1n) is 6.70. The number of morpholine rings is 1. The molecular formula is C12H20N2O3S. The summed E-state index contributed by atoms with van der Waals surface area (Å²) in [6.45, 7) is 3.32. The fraction of sp³-hybridized carbons (Fsp3) is 0.833. The first-order valence-corrected chi connectivity index (χ1v) is 8.10. The third-order valence-electron chi connectivity index (χ3n) is 3.95. The van der Waals surface area contributed by atoms with Gasteiger partial charge in [-0.05, 0) is 25.7 Å². The SMILES string of the molecule is O=S(=O)(N1CCOCC1)N1CCC(=C2CC2)CC1. The summed E-state index contributed by atoms with van der Waals surface area (Å²) >= 11 is 0. The quantitative estimate of drug-likeness (QED) is 0.697. The second-order valence-corrected chi connectivity index (χ2v) is 7.05. The van der Waals surface area contributed by atoms with E-state index >= 15 is 0 Å². The number of piperidine rings is 1. The Bertz CT molecular complexity index is 436. The van der Waals surface area contributed by atoms with Crippen LogP contribution < -0.4 is 0 Å². The van der Waals surface area contributed by atoms with Crippen molar-refractivity contribution in [2.24, 2.45) is 0 Å². The lowest BCUT2D eigenvalue weighted by molar-refractivity contribution is 0.0700. The van der Waals surface area contributed by atoms with Gasteiger partial charge < -0.3 is 4.74 Å². The Hall–Kier alpha value is -0.430. The van der Waals surface area contributed by atoms with Gasteiger partial charge in [-0.25, -0.2) is 0 Å². The van der Waals surface area contributed by atoms with Gasteiger partial charge in [0.15, 0.2) is 0 Å². The van der Waals surface area contributed by atoms with Crippen molar-refractivity contribution in [3.8, 4) is 0 Å². The molecule has 0 amide bonds. The van der Waals surface area contributed by atoms with Crippen molar-refractivity contribution in [2.45, 2.75) is 25.7 Å². The van der Waals surface area contributed by atoms with E-state index in [-0.39, 0.29) is 0 Å². The molecule has 3 fully saturated rings. The van der Waals surface area contributed by atoms with Gasteiger partial charge >= 0.3 is 0 Å². The van der Waals surface area contributed by atoms with Crippen molar-refractivity contribution in [1.29, 1.82) is 0 Å². The molecule has 5 nitrogen and oxygen atoms in total. The summed E-state index contributed by atoms with van der Waals surface area (Å²) < 4.78 is 33.2. The summed E-state index contributed by atoms with van der Waals surface area (Å²) in [4.78, 5) is 0. The highest BCUT2D eigenvalue weighted by Gasteiger charge is 2.33. The largest absolute Gasteiger partial charge is 0.379 e. The number of rotatable bonds is 2. The highest BCUT2D eigenvalue weighted by molar-refractivity contribution is 7.86. The predicted octanol–water partition coefficient (Wildman–Crippen LogP) is 0.750. The average Bonchev–Trinajstić information content (AvgIpc) is 3.24. The van der Waals surface area contributed by atoms with E-state index in [4.69, 9.17) is 4.74 Å². The Kier molecular flexibility index (Phi) is 3.44. The van der Waals surface area contributed by atoms with Gasteiger partial charge in [0, 0.05) is 26.2 Å². The second-order valence-electron chi connectivity index (χ2n) is 5.13. The summed E-state index contributed by atoms with van der Waals surface area (Å²) in [6, 6.07) is 0. The molecule has 3 rings (SSSR count). The van der Waals surface area contributed by atoms with E-state index in [0.717, 1.165) is 12.8 Å². The fourth-order valence-corrected chi connectivity index (χ4v) is 4.28. The highest BCUT2D eigenvalue weighted by atomic mass is 32.2. The molecule has 2 saturated heterocycles. The van der Waals surface area contributed by atoms with Crippen LogP contribution in [0.2, 0.25) is 0 Å². The third-order valence-corrected chi connectivity index (χ3v) is 5.98. The molecule has 6 heteroatoms. The fourth-order valence-electron chi connectivity index (χ4n) is 2.70. The number of hydrogen-bond acceptors (Lipinski definition) is 3. The molecule has 0 unspecified atom stereocenters. The molecule has 2 heterocycles. The summed E-state index contributed by atoms with van der Waals surface area (Å²) in [5.74, 6) is 0. The van der Waals surface area contributed by atoms with Crippen molar-refractivity contribution in [3.63, 3.8) is 0 Å². The van der Waals surface area contributed by atoms with Gasteiger partial charge in [0.1, 0.15) is 0 Å². The molecule has 1 saturated carbocycles. The van der Waals surface area contributed by atoms with Gasteiger partial charge in [-0.3, -0.25) is 0 Å². The van der Waals surface area contributed by atoms with E-state index < -0.39 is 10.2 Å². The summed E-state index contributed by atoms with van der Waals surface area (Å²) in [5.41, 5.74) is 3.10. The van der Waals surface area contributed by atoms with Gasteiger partial charge in [-0.15, -0.1) is 0 Å². The molecule has 2 aliphatic heterocycles. The summed E-state index contributed by atoms with van der Waals surface area (Å²) in [5, 5.41) is 0. The van der Waals surface area contributed by atoms with Gasteiger partial charge in [-0.2, -0.15) is 17.0 Å². The summed E-state index contributed by atoms with van der Waals surface area (Å²) in [6.07, 6.45) is 4.34. The van der Waals surface area contributed by atoms with E-state index in [2.05, 4.69) is 0 Å². The zero-order valence-electron chi connectivity index (χ0n) is 10.6. The molecule has 0 aromatic carbocycles. The van der Waals surface area contributed by atoms with E-state index in [9.17, 15) is 8.42 Å². The normalized spacial score (nSPS) is 27.6. The molecule has 0 atom stereocenters. The zero-order valence-corrected chi connectivity index (χ0v) is 11.4. The minimum atomic E-state index is -3.25. The van der Waals surface area contributed by atoms with E-state index in [1.807, 2.05) is 0 Å². The van der Waals surface area contributed by atoms with Crippen LogP contribution in [0.3, 0.4) is 0 Å². The Morgan fingerprint density at radius 2 is 1.28 bits per heavy atom. The summed E-state index contributed by atoms with van der Waals surface area (Å²) in [7, 11) is -3.25. The molecular weight excluding hydrogens is 252 g/mol. The van der Waals surface area contributed by atoms with Crippen molar-refractivity contribution < 1.29 is 13.2 Å². The minimum Gasteiger partial charge on any atom is -0.379 e. The van der Waals surface area contributed by atoms with Gasteiger partial charge in [0.2, 0.25) is 0 Å². The van der Waals surface area contributed by atoms with Crippen LogP contribution >= 0.6 is 0 Å². The van der Waals surface area contributed by atoms with E-state index in [1.54, 1.807) is 14.2 Å². The van der Waals surface area contributed by atoms with Crippen LogP contribution in [0.4, 0.5) is 0 Å². The molecule has 18 heavy (non-hydrogen) atoms. The monoisotopic (exact) mass is 272 g/mol. The maximum atomic E-state index is 12.4. The van der Waals surface area contributed by atoms with Crippen molar-refractivity contribution >= 4 is 10.2 Å². The van der Waals surface area contributed by atoms with Crippen LogP contribution in [0.5, 0.6) is 0 Å². The maximum Gasteiger partial charge on any atom is 0.282 e. The van der Waals surface area contributed by atoms with Gasteiger partial charge in [-0.1, -0.05) is 11.1 Å². The minimum absolute atomic E-state index is 0.493. The molecule has 0 N–H and O–H groups in total. The van der Waals surface area contributed by atoms with Crippen LogP contribution in [-0.2, 0) is 14.9 Å². The Labute approximate surface area is 109 Å². The van der Waals surface area contributed by atoms with Crippen LogP contribution in [0.15, 0.2) is 11.1 Å². The molecule has 1 aliphatic carbocycles. The Morgan fingerprint density at radius 3 is 1.83 bits per heavy atom. The third kappa shape index (κ3) is 2.47. The average molecular weight is 272 g/mol. The smallest absolute Gasteiger partial charge is 0.282 e. The van der Waals surface area contributed by atoms with Crippen LogP contribution in [0, 0.1) is 0 Å². The number of hydrogen-bond donors (Lipinski definition) is 0. The van der Waals surface area contributed by atoms with Crippen LogP contribution in [0.25, 0.3) is 0 Å². The lowest BCUT2D eigenvalue weighted by atomic mass is 10.1.